The normalized spacial score (nSPS) is 9.83. The van der Waals surface area contributed by atoms with Gasteiger partial charge in [-0.05, 0) is 24.3 Å². The number of nitrogens with one attached hydrogen (secondary N) is 2. The lowest BCUT2D eigenvalue weighted by molar-refractivity contribution is -0.114. The molecule has 2 amide bonds. The van der Waals surface area contributed by atoms with Gasteiger partial charge in [-0.3, -0.25) is 9.59 Å². The van der Waals surface area contributed by atoms with Crippen molar-refractivity contribution < 1.29 is 14.1 Å². The zero-order chi connectivity index (χ0) is 13.0. The lowest BCUT2D eigenvalue weighted by atomic mass is 10.2. The molecule has 0 saturated carbocycles. The van der Waals surface area contributed by atoms with Gasteiger partial charge in [-0.15, -0.1) is 0 Å². The Morgan fingerprint density at radius 3 is 2.17 bits per heavy atom. The van der Waals surface area contributed by atoms with Gasteiger partial charge in [-0.25, -0.2) is 0 Å². The Balaban J connectivity index is 2.02. The molecule has 6 nitrogen and oxygen atoms in total. The van der Waals surface area contributed by atoms with E-state index in [1.807, 2.05) is 0 Å². The first kappa shape index (κ1) is 11.8. The molecule has 0 bridgehead atoms. The average molecular weight is 245 g/mol. The fourth-order valence-corrected chi connectivity index (χ4v) is 1.37. The lowest BCUT2D eigenvalue weighted by Gasteiger charge is -2.05. The number of carbonyl (C=O) groups is 2. The fraction of sp³-hybridized carbons (Fsp3) is 0.0833. The number of anilines is 2. The number of nitrogens with zero attached hydrogens (tertiary/aromatic N) is 1. The first-order chi connectivity index (χ1) is 8.65. The molecule has 2 N–H and O–H groups in total. The zero-order valence-corrected chi connectivity index (χ0v) is 9.64. The van der Waals surface area contributed by atoms with Crippen LogP contribution in [0, 0.1) is 0 Å². The molecule has 0 aliphatic heterocycles. The maximum atomic E-state index is 11.6. The van der Waals surface area contributed by atoms with E-state index in [0.717, 1.165) is 0 Å². The smallest absolute Gasteiger partial charge is 0.294 e. The van der Waals surface area contributed by atoms with E-state index in [9.17, 15) is 9.59 Å². The van der Waals surface area contributed by atoms with Crippen molar-refractivity contribution in [1.82, 2.24) is 5.16 Å². The minimum Gasteiger partial charge on any atom is -0.351 e. The molecule has 0 aliphatic carbocycles. The van der Waals surface area contributed by atoms with Gasteiger partial charge >= 0.3 is 0 Å². The van der Waals surface area contributed by atoms with Crippen LogP contribution in [0.15, 0.2) is 41.1 Å². The fourth-order valence-electron chi connectivity index (χ4n) is 1.37. The number of rotatable bonds is 3. The number of aromatic nitrogens is 1. The quantitative estimate of drug-likeness (QED) is 0.864. The lowest BCUT2D eigenvalue weighted by Crippen LogP contribution is -2.11. The van der Waals surface area contributed by atoms with E-state index in [-0.39, 0.29) is 17.6 Å². The van der Waals surface area contributed by atoms with Crippen molar-refractivity contribution in [3.8, 4) is 0 Å². The Morgan fingerprint density at radius 2 is 1.67 bits per heavy atom. The second-order valence-corrected chi connectivity index (χ2v) is 3.59. The summed E-state index contributed by atoms with van der Waals surface area (Å²) in [5.74, 6) is -0.380. The van der Waals surface area contributed by atoms with E-state index in [1.54, 1.807) is 24.3 Å². The predicted molar refractivity (Wildman–Crippen MR) is 65.2 cm³/mol. The number of hydrogen-bond donors (Lipinski definition) is 2. The average Bonchev–Trinajstić information content (AvgIpc) is 2.84. The van der Waals surface area contributed by atoms with E-state index in [4.69, 9.17) is 4.52 Å². The van der Waals surface area contributed by atoms with E-state index in [1.165, 1.54) is 19.2 Å². The molecule has 0 atom stereocenters. The van der Waals surface area contributed by atoms with Gasteiger partial charge in [0.15, 0.2) is 0 Å². The summed E-state index contributed by atoms with van der Waals surface area (Å²) >= 11 is 0. The van der Waals surface area contributed by atoms with Gasteiger partial charge < -0.3 is 15.2 Å². The summed E-state index contributed by atoms with van der Waals surface area (Å²) in [5.41, 5.74) is 1.27. The molecule has 0 radical (unpaired) electrons. The van der Waals surface area contributed by atoms with Gasteiger partial charge in [-0.1, -0.05) is 5.16 Å². The third-order valence-electron chi connectivity index (χ3n) is 2.12. The molecule has 2 aromatic rings. The maximum absolute atomic E-state index is 11.6. The van der Waals surface area contributed by atoms with Crippen LogP contribution in [0.2, 0.25) is 0 Å². The standard InChI is InChI=1S/C12H11N3O3/c1-8(16)14-9-2-4-10(5-3-9)15-12(17)11-6-7-13-18-11/h2-7H,1H3,(H,14,16)(H,15,17). The topological polar surface area (TPSA) is 84.2 Å². The van der Waals surface area contributed by atoms with Crippen molar-refractivity contribution in [3.05, 3.63) is 42.3 Å². The first-order valence-corrected chi connectivity index (χ1v) is 5.25. The highest BCUT2D eigenvalue weighted by Gasteiger charge is 2.09. The Bertz CT molecular complexity index is 546. The molecule has 18 heavy (non-hydrogen) atoms. The van der Waals surface area contributed by atoms with Crippen LogP contribution >= 0.6 is 0 Å². The summed E-state index contributed by atoms with van der Waals surface area (Å²) in [7, 11) is 0. The molecule has 2 rings (SSSR count). The van der Waals surface area contributed by atoms with Gasteiger partial charge in [-0.2, -0.15) is 0 Å². The van der Waals surface area contributed by atoms with Gasteiger partial charge in [0.05, 0.1) is 6.20 Å². The molecular weight excluding hydrogens is 234 g/mol. The van der Waals surface area contributed by atoms with Crippen LogP contribution in [0.1, 0.15) is 17.5 Å². The molecule has 1 aromatic heterocycles. The van der Waals surface area contributed by atoms with Crippen molar-refractivity contribution in [2.45, 2.75) is 6.92 Å². The third kappa shape index (κ3) is 2.94. The van der Waals surface area contributed by atoms with E-state index >= 15 is 0 Å². The summed E-state index contributed by atoms with van der Waals surface area (Å²) in [5, 5.41) is 8.72. The van der Waals surface area contributed by atoms with Crippen molar-refractivity contribution >= 4 is 23.2 Å². The summed E-state index contributed by atoms with van der Waals surface area (Å²) in [6.45, 7) is 1.43. The highest BCUT2D eigenvalue weighted by Crippen LogP contribution is 2.14. The van der Waals surface area contributed by atoms with Crippen LogP contribution in [-0.2, 0) is 4.79 Å². The largest absolute Gasteiger partial charge is 0.351 e. The minimum absolute atomic E-state index is 0.140. The van der Waals surface area contributed by atoms with Crippen LogP contribution < -0.4 is 10.6 Å². The SMILES string of the molecule is CC(=O)Nc1ccc(NC(=O)c2ccno2)cc1. The molecule has 0 fully saturated rings. The summed E-state index contributed by atoms with van der Waals surface area (Å²) in [6, 6.07) is 8.22. The molecule has 6 heteroatoms. The Labute approximate surface area is 103 Å². The van der Waals surface area contributed by atoms with E-state index in [0.29, 0.717) is 11.4 Å². The van der Waals surface area contributed by atoms with Crippen molar-refractivity contribution in [1.29, 1.82) is 0 Å². The second kappa shape index (κ2) is 5.13. The van der Waals surface area contributed by atoms with Crippen LogP contribution in [0.3, 0.4) is 0 Å². The third-order valence-corrected chi connectivity index (χ3v) is 2.12. The van der Waals surface area contributed by atoms with Crippen molar-refractivity contribution in [2.75, 3.05) is 10.6 Å². The van der Waals surface area contributed by atoms with Crippen molar-refractivity contribution in [2.24, 2.45) is 0 Å². The molecule has 92 valence electrons. The number of hydrogen-bond acceptors (Lipinski definition) is 4. The van der Waals surface area contributed by atoms with E-state index in [2.05, 4.69) is 15.8 Å². The maximum Gasteiger partial charge on any atom is 0.294 e. The monoisotopic (exact) mass is 245 g/mol. The first-order valence-electron chi connectivity index (χ1n) is 5.25. The molecule has 1 heterocycles. The molecular formula is C12H11N3O3. The Kier molecular flexibility index (Phi) is 3.38. The summed E-state index contributed by atoms with van der Waals surface area (Å²) < 4.78 is 4.72. The van der Waals surface area contributed by atoms with Crippen LogP contribution in [0.5, 0.6) is 0 Å². The predicted octanol–water partition coefficient (Wildman–Crippen LogP) is 1.89. The number of amides is 2. The summed E-state index contributed by atoms with van der Waals surface area (Å²) in [4.78, 5) is 22.5. The second-order valence-electron chi connectivity index (χ2n) is 3.59. The molecule has 0 unspecified atom stereocenters. The van der Waals surface area contributed by atoms with Gasteiger partial charge in [0.25, 0.3) is 5.91 Å². The molecule has 0 saturated heterocycles. The molecule has 0 spiro atoms. The van der Waals surface area contributed by atoms with Crippen LogP contribution in [0.25, 0.3) is 0 Å². The van der Waals surface area contributed by atoms with Crippen LogP contribution in [0.4, 0.5) is 11.4 Å². The Hall–Kier alpha value is -2.63. The highest BCUT2D eigenvalue weighted by atomic mass is 16.5. The Morgan fingerprint density at radius 1 is 1.06 bits per heavy atom. The number of carbonyl (C=O) groups excluding carboxylic acids is 2. The van der Waals surface area contributed by atoms with Gasteiger partial charge in [0.1, 0.15) is 0 Å². The van der Waals surface area contributed by atoms with Crippen molar-refractivity contribution in [3.63, 3.8) is 0 Å². The molecule has 0 aliphatic rings. The van der Waals surface area contributed by atoms with Gasteiger partial charge in [0, 0.05) is 24.4 Å². The molecule has 1 aromatic carbocycles. The minimum atomic E-state index is -0.375. The number of benzene rings is 1. The van der Waals surface area contributed by atoms with E-state index < -0.39 is 0 Å². The van der Waals surface area contributed by atoms with Crippen LogP contribution in [-0.4, -0.2) is 17.0 Å². The van der Waals surface area contributed by atoms with Gasteiger partial charge in [0.2, 0.25) is 11.7 Å². The summed E-state index contributed by atoms with van der Waals surface area (Å²) in [6.07, 6.45) is 1.40. The zero-order valence-electron chi connectivity index (χ0n) is 9.64. The highest BCUT2D eigenvalue weighted by molar-refractivity contribution is 6.02.